The fourth-order valence-corrected chi connectivity index (χ4v) is 6.28. The van der Waals surface area contributed by atoms with Crippen molar-refractivity contribution in [1.82, 2.24) is 10.2 Å². The summed E-state index contributed by atoms with van der Waals surface area (Å²) in [5.74, 6) is -1.62. The topological polar surface area (TPSA) is 86.8 Å². The minimum absolute atomic E-state index is 0.0151. The van der Waals surface area contributed by atoms with Crippen molar-refractivity contribution < 1.29 is 22.4 Å². The van der Waals surface area contributed by atoms with Crippen molar-refractivity contribution in [2.75, 3.05) is 10.8 Å². The number of anilines is 1. The lowest BCUT2D eigenvalue weighted by atomic mass is 10.0. The van der Waals surface area contributed by atoms with Crippen LogP contribution in [-0.4, -0.2) is 43.3 Å². The number of halogens is 1. The van der Waals surface area contributed by atoms with Crippen LogP contribution in [0.4, 0.5) is 10.1 Å². The molecular weight excluding hydrogens is 577 g/mol. The summed E-state index contributed by atoms with van der Waals surface area (Å²) in [6.07, 6.45) is 0.138. The first-order valence-electron chi connectivity index (χ1n) is 14.4. The highest BCUT2D eigenvalue weighted by molar-refractivity contribution is 7.92. The van der Waals surface area contributed by atoms with Gasteiger partial charge >= 0.3 is 0 Å². The third-order valence-corrected chi connectivity index (χ3v) is 8.76. The van der Waals surface area contributed by atoms with Gasteiger partial charge in [0.1, 0.15) is 18.4 Å². The summed E-state index contributed by atoms with van der Waals surface area (Å²) < 4.78 is 44.1. The van der Waals surface area contributed by atoms with Gasteiger partial charge in [-0.1, -0.05) is 78.9 Å². The van der Waals surface area contributed by atoms with Crippen LogP contribution in [0, 0.1) is 12.7 Å². The van der Waals surface area contributed by atoms with E-state index in [1.807, 2.05) is 64.1 Å². The van der Waals surface area contributed by atoms with E-state index < -0.39 is 45.8 Å². The molecular formula is C35H38FN3O4S. The number of hydrogen-bond donors (Lipinski definition) is 1. The van der Waals surface area contributed by atoms with Gasteiger partial charge in [-0.15, -0.1) is 0 Å². The number of hydrogen-bond acceptors (Lipinski definition) is 4. The Balaban J connectivity index is 1.82. The van der Waals surface area contributed by atoms with Crippen molar-refractivity contribution in [3.05, 3.63) is 132 Å². The number of carbonyl (C=O) groups is 2. The number of benzene rings is 4. The molecule has 0 fully saturated rings. The lowest BCUT2D eigenvalue weighted by Gasteiger charge is -2.35. The van der Waals surface area contributed by atoms with Gasteiger partial charge in [0.2, 0.25) is 11.8 Å². The lowest BCUT2D eigenvalue weighted by Crippen LogP contribution is -2.56. The second-order valence-electron chi connectivity index (χ2n) is 11.7. The summed E-state index contributed by atoms with van der Waals surface area (Å²) in [7, 11) is -4.20. The molecule has 230 valence electrons. The number of nitrogens with zero attached hydrogens (tertiary/aromatic N) is 2. The monoisotopic (exact) mass is 615 g/mol. The maximum Gasteiger partial charge on any atom is 0.264 e. The summed E-state index contributed by atoms with van der Waals surface area (Å²) in [5, 5.41) is 2.97. The molecule has 4 rings (SSSR count). The van der Waals surface area contributed by atoms with E-state index in [9.17, 15) is 18.0 Å². The summed E-state index contributed by atoms with van der Waals surface area (Å²) in [6.45, 7) is 6.48. The Morgan fingerprint density at radius 2 is 1.45 bits per heavy atom. The minimum atomic E-state index is -4.20. The molecule has 7 nitrogen and oxygen atoms in total. The highest BCUT2D eigenvalue weighted by atomic mass is 32.2. The first kappa shape index (κ1) is 32.4. The molecule has 0 radical (unpaired) electrons. The van der Waals surface area contributed by atoms with Crippen LogP contribution in [0.5, 0.6) is 0 Å². The number of rotatable bonds is 11. The van der Waals surface area contributed by atoms with E-state index in [1.165, 1.54) is 23.1 Å². The number of sulfonamides is 1. The lowest BCUT2D eigenvalue weighted by molar-refractivity contribution is -0.140. The second kappa shape index (κ2) is 13.9. The third kappa shape index (κ3) is 8.32. The van der Waals surface area contributed by atoms with Crippen molar-refractivity contribution in [3.63, 3.8) is 0 Å². The molecule has 0 bridgehead atoms. The largest absolute Gasteiger partial charge is 0.350 e. The van der Waals surface area contributed by atoms with Crippen molar-refractivity contribution in [2.24, 2.45) is 0 Å². The quantitative estimate of drug-likeness (QED) is 0.228. The van der Waals surface area contributed by atoms with Crippen molar-refractivity contribution in [2.45, 2.75) is 57.1 Å². The highest BCUT2D eigenvalue weighted by Gasteiger charge is 2.36. The number of nitrogens with one attached hydrogen (secondary N) is 1. The number of amides is 2. The molecule has 4 aromatic carbocycles. The van der Waals surface area contributed by atoms with E-state index in [2.05, 4.69) is 5.32 Å². The molecule has 0 aliphatic rings. The molecule has 0 saturated carbocycles. The Morgan fingerprint density at radius 3 is 2.07 bits per heavy atom. The van der Waals surface area contributed by atoms with E-state index >= 15 is 4.39 Å². The summed E-state index contributed by atoms with van der Waals surface area (Å²) in [4.78, 5) is 29.6. The molecule has 4 aromatic rings. The molecule has 1 atom stereocenters. The minimum Gasteiger partial charge on any atom is -0.350 e. The average Bonchev–Trinajstić information content (AvgIpc) is 2.98. The van der Waals surface area contributed by atoms with Crippen LogP contribution in [0.25, 0.3) is 0 Å². The van der Waals surface area contributed by atoms with Gasteiger partial charge in [-0.05, 0) is 69.2 Å². The summed E-state index contributed by atoms with van der Waals surface area (Å²) >= 11 is 0. The molecule has 2 amide bonds. The van der Waals surface area contributed by atoms with Crippen molar-refractivity contribution in [3.8, 4) is 0 Å². The summed E-state index contributed by atoms with van der Waals surface area (Å²) in [6, 6.07) is 28.9. The fraction of sp³-hybridized carbons (Fsp3) is 0.257. The maximum atomic E-state index is 15.0. The van der Waals surface area contributed by atoms with Crippen LogP contribution >= 0.6 is 0 Å². The first-order valence-corrected chi connectivity index (χ1v) is 15.8. The normalized spacial score (nSPS) is 12.3. The third-order valence-electron chi connectivity index (χ3n) is 6.97. The van der Waals surface area contributed by atoms with Gasteiger partial charge in [-0.2, -0.15) is 0 Å². The van der Waals surface area contributed by atoms with Gasteiger partial charge in [0, 0.05) is 24.1 Å². The zero-order valence-electron chi connectivity index (χ0n) is 25.4. The van der Waals surface area contributed by atoms with Crippen LogP contribution in [0.15, 0.2) is 114 Å². The van der Waals surface area contributed by atoms with Crippen molar-refractivity contribution in [1.29, 1.82) is 0 Å². The molecule has 0 saturated heterocycles. The molecule has 0 aliphatic heterocycles. The average molecular weight is 616 g/mol. The van der Waals surface area contributed by atoms with Crippen LogP contribution in [0.2, 0.25) is 0 Å². The van der Waals surface area contributed by atoms with Crippen LogP contribution < -0.4 is 9.62 Å². The number of aryl methyl sites for hydroxylation is 1. The fourth-order valence-electron chi connectivity index (χ4n) is 4.85. The van der Waals surface area contributed by atoms with Crippen LogP contribution in [-0.2, 0) is 32.6 Å². The van der Waals surface area contributed by atoms with E-state index in [-0.39, 0.29) is 23.4 Å². The zero-order chi connectivity index (χ0) is 31.9. The Morgan fingerprint density at radius 1 is 0.841 bits per heavy atom. The Bertz CT molecular complexity index is 1690. The van der Waals surface area contributed by atoms with Gasteiger partial charge in [-0.25, -0.2) is 12.8 Å². The first-order chi connectivity index (χ1) is 20.8. The molecule has 44 heavy (non-hydrogen) atoms. The number of carbonyl (C=O) groups excluding carboxylic acids is 2. The molecule has 0 aromatic heterocycles. The second-order valence-corrected chi connectivity index (χ2v) is 13.6. The van der Waals surface area contributed by atoms with Crippen LogP contribution in [0.3, 0.4) is 0 Å². The Hall–Kier alpha value is -4.50. The molecule has 0 spiro atoms. The maximum absolute atomic E-state index is 15.0. The van der Waals surface area contributed by atoms with E-state index in [4.69, 9.17) is 0 Å². The van der Waals surface area contributed by atoms with E-state index in [1.54, 1.807) is 54.6 Å². The van der Waals surface area contributed by atoms with Crippen molar-refractivity contribution >= 4 is 27.5 Å². The van der Waals surface area contributed by atoms with Gasteiger partial charge in [0.15, 0.2) is 0 Å². The molecule has 9 heteroatoms. The molecule has 0 aliphatic carbocycles. The van der Waals surface area contributed by atoms with Gasteiger partial charge in [0.25, 0.3) is 10.0 Å². The smallest absolute Gasteiger partial charge is 0.264 e. The Kier molecular flexibility index (Phi) is 10.2. The zero-order valence-corrected chi connectivity index (χ0v) is 26.2. The van der Waals surface area contributed by atoms with E-state index in [0.29, 0.717) is 5.69 Å². The predicted octanol–water partition coefficient (Wildman–Crippen LogP) is 5.88. The van der Waals surface area contributed by atoms with Gasteiger partial charge < -0.3 is 10.2 Å². The molecule has 0 unspecified atom stereocenters. The molecule has 1 N–H and O–H groups in total. The molecule has 0 heterocycles. The SMILES string of the molecule is Cc1cccc(N(CC(=O)N(Cc2ccccc2F)[C@@H](Cc2ccccc2)C(=O)NC(C)(C)C)S(=O)(=O)c2ccccc2)c1. The van der Waals surface area contributed by atoms with Gasteiger partial charge in [-0.3, -0.25) is 13.9 Å². The van der Waals surface area contributed by atoms with Crippen LogP contribution in [0.1, 0.15) is 37.5 Å². The van der Waals surface area contributed by atoms with E-state index in [0.717, 1.165) is 15.4 Å². The predicted molar refractivity (Wildman–Crippen MR) is 171 cm³/mol. The van der Waals surface area contributed by atoms with Gasteiger partial charge in [0.05, 0.1) is 10.6 Å². The Labute approximate surface area is 259 Å². The standard InChI is InChI=1S/C35H38FN3O4S/c1-26-14-13-18-29(22-26)39(44(42,43)30-19-9-6-10-20-30)25-33(40)38(24-28-17-11-12-21-31(28)36)32(34(41)37-35(2,3)4)23-27-15-7-5-8-16-27/h5-22,32H,23-25H2,1-4H3,(H,37,41)/t32-/m0/s1. The highest BCUT2D eigenvalue weighted by Crippen LogP contribution is 2.26. The summed E-state index contributed by atoms with van der Waals surface area (Å²) in [5.41, 5.74) is 1.48.